The van der Waals surface area contributed by atoms with Gasteiger partial charge in [-0.15, -0.1) is 0 Å². The molecule has 8 heteroatoms. The number of aryl methyl sites for hydroxylation is 2. The highest BCUT2D eigenvalue weighted by molar-refractivity contribution is 7.10. The lowest BCUT2D eigenvalue weighted by atomic mass is 9.97. The zero-order valence-electron chi connectivity index (χ0n) is 20.0. The van der Waals surface area contributed by atoms with Crippen LogP contribution < -0.4 is 5.32 Å². The lowest BCUT2D eigenvalue weighted by Crippen LogP contribution is -2.16. The average molecular weight is 521 g/mol. The fourth-order valence-electron chi connectivity index (χ4n) is 3.93. The number of aliphatic carboxylic acids is 1. The molecule has 184 valence electrons. The number of hydrogen-bond donors (Lipinski definition) is 2. The van der Waals surface area contributed by atoms with Gasteiger partial charge in [0.05, 0.1) is 22.7 Å². The SMILES string of the molecule is Cc1cc(-c2ccc(-c3snc(C)c3NC(=O)O[C@H](C)c3ccccc3Cl)cc2)ccc1CC(=O)O. The van der Waals surface area contributed by atoms with Crippen LogP contribution in [0.1, 0.15) is 35.4 Å². The second-order valence-electron chi connectivity index (χ2n) is 8.46. The van der Waals surface area contributed by atoms with Crippen LogP contribution in [-0.2, 0) is 16.0 Å². The molecule has 0 radical (unpaired) electrons. The molecule has 0 spiro atoms. The van der Waals surface area contributed by atoms with Crippen molar-refractivity contribution in [2.75, 3.05) is 5.32 Å². The number of nitrogens with one attached hydrogen (secondary N) is 1. The Morgan fingerprint density at radius 2 is 1.69 bits per heavy atom. The van der Waals surface area contributed by atoms with E-state index in [0.717, 1.165) is 38.3 Å². The molecule has 0 bridgehead atoms. The first-order valence-corrected chi connectivity index (χ1v) is 12.5. The van der Waals surface area contributed by atoms with E-state index in [1.165, 1.54) is 11.5 Å². The molecule has 1 aromatic heterocycles. The largest absolute Gasteiger partial charge is 0.481 e. The van der Waals surface area contributed by atoms with E-state index < -0.39 is 18.2 Å². The standard InChI is InChI=1S/C28H25ClN2O4S/c1-16-14-22(13-12-21(16)15-25(32)33)19-8-10-20(11-9-19)27-26(17(2)31-36-27)30-28(34)35-18(3)23-6-4-5-7-24(23)29/h4-14,18H,15H2,1-3H3,(H,30,34)(H,32,33)/t18-/m1/s1. The molecule has 3 aromatic carbocycles. The maximum Gasteiger partial charge on any atom is 0.412 e. The Kier molecular flexibility index (Phi) is 7.72. The number of carbonyl (C=O) groups is 2. The minimum absolute atomic E-state index is 0.00512. The third-order valence-corrected chi connectivity index (χ3v) is 7.21. The molecule has 0 aliphatic carbocycles. The highest BCUT2D eigenvalue weighted by Gasteiger charge is 2.19. The van der Waals surface area contributed by atoms with Crippen molar-refractivity contribution in [3.8, 4) is 21.6 Å². The highest BCUT2D eigenvalue weighted by Crippen LogP contribution is 2.36. The number of amides is 1. The first kappa shape index (κ1) is 25.4. The molecular weight excluding hydrogens is 496 g/mol. The Labute approximate surface area is 218 Å². The van der Waals surface area contributed by atoms with E-state index in [9.17, 15) is 9.59 Å². The van der Waals surface area contributed by atoms with Crippen molar-refractivity contribution in [2.45, 2.75) is 33.3 Å². The summed E-state index contributed by atoms with van der Waals surface area (Å²) in [6, 6.07) is 21.0. The van der Waals surface area contributed by atoms with Gasteiger partial charge in [0.2, 0.25) is 0 Å². The number of carboxylic acids is 1. The highest BCUT2D eigenvalue weighted by atomic mass is 35.5. The van der Waals surface area contributed by atoms with Gasteiger partial charge in [-0.25, -0.2) is 4.79 Å². The summed E-state index contributed by atoms with van der Waals surface area (Å²) in [6.45, 7) is 5.53. The molecule has 0 aliphatic heterocycles. The smallest absolute Gasteiger partial charge is 0.412 e. The van der Waals surface area contributed by atoms with Gasteiger partial charge < -0.3 is 9.84 Å². The van der Waals surface area contributed by atoms with Crippen molar-refractivity contribution < 1.29 is 19.4 Å². The topological polar surface area (TPSA) is 88.5 Å². The Morgan fingerprint density at radius 1 is 1.03 bits per heavy atom. The third kappa shape index (κ3) is 5.75. The summed E-state index contributed by atoms with van der Waals surface area (Å²) >= 11 is 7.53. The van der Waals surface area contributed by atoms with Gasteiger partial charge in [0.25, 0.3) is 0 Å². The van der Waals surface area contributed by atoms with Crippen molar-refractivity contribution in [2.24, 2.45) is 0 Å². The molecule has 6 nitrogen and oxygen atoms in total. The van der Waals surface area contributed by atoms with Crippen molar-refractivity contribution >= 4 is 40.9 Å². The van der Waals surface area contributed by atoms with Crippen LogP contribution in [0.15, 0.2) is 66.7 Å². The predicted octanol–water partition coefficient (Wildman–Crippen LogP) is 7.68. The summed E-state index contributed by atoms with van der Waals surface area (Å²) in [5.74, 6) is -0.846. The van der Waals surface area contributed by atoms with Crippen LogP contribution in [0.5, 0.6) is 0 Å². The van der Waals surface area contributed by atoms with Gasteiger partial charge in [0.15, 0.2) is 0 Å². The van der Waals surface area contributed by atoms with Crippen molar-refractivity contribution in [3.05, 3.63) is 94.1 Å². The van der Waals surface area contributed by atoms with Crippen LogP contribution in [0.3, 0.4) is 0 Å². The molecule has 36 heavy (non-hydrogen) atoms. The maximum atomic E-state index is 12.7. The lowest BCUT2D eigenvalue weighted by molar-refractivity contribution is -0.136. The number of carboxylic acid groups (broad SMARTS) is 1. The van der Waals surface area contributed by atoms with Gasteiger partial charge in [0.1, 0.15) is 6.10 Å². The van der Waals surface area contributed by atoms with Crippen molar-refractivity contribution in [3.63, 3.8) is 0 Å². The number of rotatable bonds is 7. The molecule has 1 atom stereocenters. The van der Waals surface area contributed by atoms with E-state index in [0.29, 0.717) is 16.4 Å². The molecule has 4 rings (SSSR count). The predicted molar refractivity (Wildman–Crippen MR) is 144 cm³/mol. The van der Waals surface area contributed by atoms with Crippen LogP contribution in [0, 0.1) is 13.8 Å². The number of ether oxygens (including phenoxy) is 1. The normalized spacial score (nSPS) is 11.7. The number of halogens is 1. The van der Waals surface area contributed by atoms with E-state index in [-0.39, 0.29) is 6.42 Å². The fraction of sp³-hybridized carbons (Fsp3) is 0.179. The minimum Gasteiger partial charge on any atom is -0.481 e. The average Bonchev–Trinajstić information content (AvgIpc) is 3.20. The maximum absolute atomic E-state index is 12.7. The Balaban J connectivity index is 1.50. The van der Waals surface area contributed by atoms with Gasteiger partial charge >= 0.3 is 12.1 Å². The van der Waals surface area contributed by atoms with Crippen LogP contribution in [0.4, 0.5) is 10.5 Å². The number of carbonyl (C=O) groups excluding carboxylic acids is 1. The number of nitrogens with zero attached hydrogens (tertiary/aromatic N) is 1. The summed E-state index contributed by atoms with van der Waals surface area (Å²) in [5, 5.41) is 12.4. The zero-order chi connectivity index (χ0) is 25.8. The molecular formula is C28H25ClN2O4S. The van der Waals surface area contributed by atoms with Crippen molar-refractivity contribution in [1.82, 2.24) is 4.37 Å². The Hall–Kier alpha value is -3.68. The van der Waals surface area contributed by atoms with Gasteiger partial charge in [-0.3, -0.25) is 10.1 Å². The second-order valence-corrected chi connectivity index (χ2v) is 9.64. The summed E-state index contributed by atoms with van der Waals surface area (Å²) in [6.07, 6.45) is -1.09. The second kappa shape index (κ2) is 10.9. The molecule has 0 saturated heterocycles. The summed E-state index contributed by atoms with van der Waals surface area (Å²) in [7, 11) is 0. The molecule has 1 amide bonds. The molecule has 0 aliphatic rings. The van der Waals surface area contributed by atoms with E-state index >= 15 is 0 Å². The van der Waals surface area contributed by atoms with Crippen molar-refractivity contribution in [1.29, 1.82) is 0 Å². The van der Waals surface area contributed by atoms with E-state index in [4.69, 9.17) is 21.4 Å². The Morgan fingerprint density at radius 3 is 2.36 bits per heavy atom. The molecule has 2 N–H and O–H groups in total. The molecule has 0 fully saturated rings. The molecule has 4 aromatic rings. The Bertz CT molecular complexity index is 1420. The molecule has 0 unspecified atom stereocenters. The first-order chi connectivity index (χ1) is 17.2. The lowest BCUT2D eigenvalue weighted by Gasteiger charge is -2.16. The molecule has 1 heterocycles. The van der Waals surface area contributed by atoms with Crippen LogP contribution in [-0.4, -0.2) is 21.5 Å². The summed E-state index contributed by atoms with van der Waals surface area (Å²) in [4.78, 5) is 24.5. The van der Waals surface area contributed by atoms with E-state index in [1.807, 2.05) is 74.5 Å². The number of aromatic nitrogens is 1. The number of hydrogen-bond acceptors (Lipinski definition) is 5. The number of anilines is 1. The van der Waals surface area contributed by atoms with Gasteiger partial charge in [-0.2, -0.15) is 4.37 Å². The van der Waals surface area contributed by atoms with Crippen LogP contribution >= 0.6 is 23.1 Å². The quantitative estimate of drug-likeness (QED) is 0.261. The van der Waals surface area contributed by atoms with E-state index in [1.54, 1.807) is 13.0 Å². The zero-order valence-corrected chi connectivity index (χ0v) is 21.6. The first-order valence-electron chi connectivity index (χ1n) is 11.3. The number of benzene rings is 3. The van der Waals surface area contributed by atoms with Gasteiger partial charge in [-0.1, -0.05) is 72.3 Å². The third-order valence-electron chi connectivity index (χ3n) is 5.88. The van der Waals surface area contributed by atoms with Crippen LogP contribution in [0.25, 0.3) is 21.6 Å². The van der Waals surface area contributed by atoms with Gasteiger partial charge in [-0.05, 0) is 66.2 Å². The summed E-state index contributed by atoms with van der Waals surface area (Å²) in [5.41, 5.74) is 6.71. The monoisotopic (exact) mass is 520 g/mol. The van der Waals surface area contributed by atoms with Gasteiger partial charge in [0, 0.05) is 10.6 Å². The van der Waals surface area contributed by atoms with E-state index in [2.05, 4.69) is 9.69 Å². The molecule has 0 saturated carbocycles. The summed E-state index contributed by atoms with van der Waals surface area (Å²) < 4.78 is 9.99. The van der Waals surface area contributed by atoms with Crippen LogP contribution in [0.2, 0.25) is 5.02 Å². The fourth-order valence-corrected chi connectivity index (χ4v) is 5.07. The minimum atomic E-state index is -0.846.